The van der Waals surface area contributed by atoms with Gasteiger partial charge in [-0.3, -0.25) is 14.4 Å². The third-order valence-corrected chi connectivity index (χ3v) is 4.44. The highest BCUT2D eigenvalue weighted by Gasteiger charge is 2.27. The molecule has 3 heterocycles. The van der Waals surface area contributed by atoms with E-state index in [1.807, 2.05) is 31.3 Å². The van der Waals surface area contributed by atoms with Gasteiger partial charge in [0, 0.05) is 31.2 Å². The first-order chi connectivity index (χ1) is 12.1. The number of hydrogen-bond donors (Lipinski definition) is 2. The summed E-state index contributed by atoms with van der Waals surface area (Å²) in [6.07, 6.45) is 4.86. The summed E-state index contributed by atoms with van der Waals surface area (Å²) in [6, 6.07) is 7.43. The van der Waals surface area contributed by atoms with E-state index in [0.29, 0.717) is 25.5 Å². The lowest BCUT2D eigenvalue weighted by Gasteiger charge is -2.33. The molecule has 3 rings (SSSR count). The highest BCUT2D eigenvalue weighted by atomic mass is 16.3. The lowest BCUT2D eigenvalue weighted by Crippen LogP contribution is -2.44. The third kappa shape index (κ3) is 5.11. The number of carbonyl (C=O) groups is 1. The SMILES string of the molecule is Cc1cccc(NC(=O)[C@H]2CCCN(C[C@@H](O)Cn3cccn3)C2)n1. The van der Waals surface area contributed by atoms with Gasteiger partial charge in [-0.05, 0) is 44.5 Å². The van der Waals surface area contributed by atoms with Crippen LogP contribution in [0.2, 0.25) is 0 Å². The Balaban J connectivity index is 1.50. The second kappa shape index (κ2) is 8.22. The average molecular weight is 343 g/mol. The molecule has 0 bridgehead atoms. The van der Waals surface area contributed by atoms with Gasteiger partial charge < -0.3 is 10.4 Å². The number of nitrogens with one attached hydrogen (secondary N) is 1. The molecule has 1 aliphatic heterocycles. The Morgan fingerprint density at radius 3 is 3.04 bits per heavy atom. The van der Waals surface area contributed by atoms with E-state index in [4.69, 9.17) is 0 Å². The van der Waals surface area contributed by atoms with Crippen LogP contribution in [0.1, 0.15) is 18.5 Å². The van der Waals surface area contributed by atoms with E-state index >= 15 is 0 Å². The molecular weight excluding hydrogens is 318 g/mol. The Hall–Kier alpha value is -2.25. The van der Waals surface area contributed by atoms with E-state index in [1.165, 1.54) is 0 Å². The number of anilines is 1. The molecule has 0 unspecified atom stereocenters. The Morgan fingerprint density at radius 1 is 1.40 bits per heavy atom. The minimum absolute atomic E-state index is 0.00404. The summed E-state index contributed by atoms with van der Waals surface area (Å²) in [4.78, 5) is 19.0. The van der Waals surface area contributed by atoms with E-state index in [-0.39, 0.29) is 11.8 Å². The van der Waals surface area contributed by atoms with Crippen LogP contribution in [0.15, 0.2) is 36.7 Å². The van der Waals surface area contributed by atoms with Gasteiger partial charge in [-0.15, -0.1) is 0 Å². The number of aliphatic hydroxyl groups excluding tert-OH is 1. The second-order valence-electron chi connectivity index (χ2n) is 6.63. The van der Waals surface area contributed by atoms with Crippen molar-refractivity contribution in [3.63, 3.8) is 0 Å². The van der Waals surface area contributed by atoms with Gasteiger partial charge in [0.05, 0.1) is 18.6 Å². The van der Waals surface area contributed by atoms with Gasteiger partial charge in [-0.1, -0.05) is 6.07 Å². The number of rotatable bonds is 6. The number of aryl methyl sites for hydroxylation is 1. The molecule has 134 valence electrons. The Bertz CT molecular complexity index is 689. The Kier molecular flexibility index (Phi) is 5.78. The zero-order valence-corrected chi connectivity index (χ0v) is 14.5. The minimum atomic E-state index is -0.500. The van der Waals surface area contributed by atoms with Crippen molar-refractivity contribution < 1.29 is 9.90 Å². The number of amides is 1. The standard InChI is InChI=1S/C18H25N5O2/c1-14-5-2-7-17(20-14)21-18(25)15-6-3-9-22(11-15)12-16(24)13-23-10-4-8-19-23/h2,4-5,7-8,10,15-16,24H,3,6,9,11-13H2,1H3,(H,20,21,25)/t15-,16+/m0/s1. The molecule has 25 heavy (non-hydrogen) atoms. The van der Waals surface area contributed by atoms with Crippen molar-refractivity contribution in [3.8, 4) is 0 Å². The van der Waals surface area contributed by atoms with Crippen LogP contribution >= 0.6 is 0 Å². The van der Waals surface area contributed by atoms with E-state index < -0.39 is 6.10 Å². The number of piperidine rings is 1. The molecule has 2 N–H and O–H groups in total. The molecule has 0 spiro atoms. The van der Waals surface area contributed by atoms with Crippen LogP contribution in [0.3, 0.4) is 0 Å². The zero-order valence-electron chi connectivity index (χ0n) is 14.5. The van der Waals surface area contributed by atoms with Crippen molar-refractivity contribution in [3.05, 3.63) is 42.4 Å². The van der Waals surface area contributed by atoms with Crippen LogP contribution < -0.4 is 5.32 Å². The number of nitrogens with zero attached hydrogens (tertiary/aromatic N) is 4. The smallest absolute Gasteiger partial charge is 0.229 e. The molecule has 1 amide bonds. The highest BCUT2D eigenvalue weighted by molar-refractivity contribution is 5.91. The summed E-state index contributed by atoms with van der Waals surface area (Å²) >= 11 is 0. The zero-order chi connectivity index (χ0) is 17.6. The maximum absolute atomic E-state index is 12.5. The monoisotopic (exact) mass is 343 g/mol. The molecule has 2 atom stereocenters. The molecule has 1 aliphatic rings. The van der Waals surface area contributed by atoms with Gasteiger partial charge in [0.15, 0.2) is 0 Å². The van der Waals surface area contributed by atoms with E-state index in [2.05, 4.69) is 20.3 Å². The normalized spacial score (nSPS) is 19.5. The number of hydrogen-bond acceptors (Lipinski definition) is 5. The van der Waals surface area contributed by atoms with Gasteiger partial charge in [-0.2, -0.15) is 5.10 Å². The number of pyridine rings is 1. The van der Waals surface area contributed by atoms with Gasteiger partial charge in [0.2, 0.25) is 5.91 Å². The van der Waals surface area contributed by atoms with Crippen LogP contribution in [-0.2, 0) is 11.3 Å². The fourth-order valence-electron chi connectivity index (χ4n) is 3.26. The van der Waals surface area contributed by atoms with Crippen LogP contribution in [0.4, 0.5) is 5.82 Å². The number of carbonyl (C=O) groups excluding carboxylic acids is 1. The molecule has 0 aromatic carbocycles. The van der Waals surface area contributed by atoms with Crippen molar-refractivity contribution in [1.29, 1.82) is 0 Å². The predicted molar refractivity (Wildman–Crippen MR) is 95.0 cm³/mol. The predicted octanol–water partition coefficient (Wildman–Crippen LogP) is 1.30. The third-order valence-electron chi connectivity index (χ3n) is 4.44. The van der Waals surface area contributed by atoms with Gasteiger partial charge in [0.25, 0.3) is 0 Å². The first-order valence-electron chi connectivity index (χ1n) is 8.72. The summed E-state index contributed by atoms with van der Waals surface area (Å²) in [5.74, 6) is 0.526. The van der Waals surface area contributed by atoms with Gasteiger partial charge in [-0.25, -0.2) is 4.98 Å². The van der Waals surface area contributed by atoms with Crippen molar-refractivity contribution in [2.75, 3.05) is 25.0 Å². The van der Waals surface area contributed by atoms with Crippen LogP contribution in [-0.4, -0.2) is 56.4 Å². The fraction of sp³-hybridized carbons (Fsp3) is 0.500. The fourth-order valence-corrected chi connectivity index (χ4v) is 3.26. The first kappa shape index (κ1) is 17.6. The molecule has 0 saturated carbocycles. The topological polar surface area (TPSA) is 83.3 Å². The lowest BCUT2D eigenvalue weighted by atomic mass is 9.97. The Morgan fingerprint density at radius 2 is 2.28 bits per heavy atom. The summed E-state index contributed by atoms with van der Waals surface area (Å²) in [6.45, 7) is 4.48. The summed E-state index contributed by atoms with van der Waals surface area (Å²) < 4.78 is 1.72. The molecule has 7 nitrogen and oxygen atoms in total. The van der Waals surface area contributed by atoms with Crippen molar-refractivity contribution in [2.45, 2.75) is 32.4 Å². The first-order valence-corrected chi connectivity index (χ1v) is 8.72. The van der Waals surface area contributed by atoms with E-state index in [1.54, 1.807) is 16.9 Å². The van der Waals surface area contributed by atoms with Gasteiger partial charge >= 0.3 is 0 Å². The lowest BCUT2D eigenvalue weighted by molar-refractivity contribution is -0.121. The molecule has 1 fully saturated rings. The van der Waals surface area contributed by atoms with Crippen LogP contribution in [0.25, 0.3) is 0 Å². The summed E-state index contributed by atoms with van der Waals surface area (Å²) in [5.41, 5.74) is 0.879. The molecule has 2 aromatic rings. The molecule has 0 radical (unpaired) electrons. The second-order valence-corrected chi connectivity index (χ2v) is 6.63. The average Bonchev–Trinajstić information content (AvgIpc) is 3.08. The Labute approximate surface area is 147 Å². The number of aromatic nitrogens is 3. The molecule has 2 aromatic heterocycles. The quantitative estimate of drug-likeness (QED) is 0.826. The highest BCUT2D eigenvalue weighted by Crippen LogP contribution is 2.19. The molecule has 1 saturated heterocycles. The maximum atomic E-state index is 12.5. The van der Waals surface area contributed by atoms with Crippen LogP contribution in [0, 0.1) is 12.8 Å². The van der Waals surface area contributed by atoms with Gasteiger partial charge in [0.1, 0.15) is 5.82 Å². The molecular formula is C18H25N5O2. The van der Waals surface area contributed by atoms with Crippen molar-refractivity contribution in [2.24, 2.45) is 5.92 Å². The maximum Gasteiger partial charge on any atom is 0.229 e. The van der Waals surface area contributed by atoms with E-state index in [0.717, 1.165) is 25.1 Å². The minimum Gasteiger partial charge on any atom is -0.390 e. The van der Waals surface area contributed by atoms with E-state index in [9.17, 15) is 9.90 Å². The van der Waals surface area contributed by atoms with Crippen molar-refractivity contribution >= 4 is 11.7 Å². The number of likely N-dealkylation sites (tertiary alicyclic amines) is 1. The summed E-state index contributed by atoms with van der Waals surface area (Å²) in [5, 5.41) is 17.3. The summed E-state index contributed by atoms with van der Waals surface area (Å²) in [7, 11) is 0. The number of β-amino-alcohol motifs (C(OH)–C–C–N with tert-alkyl or cyclic N) is 1. The largest absolute Gasteiger partial charge is 0.390 e. The number of aliphatic hydroxyl groups is 1. The van der Waals surface area contributed by atoms with Crippen LogP contribution in [0.5, 0.6) is 0 Å². The molecule has 0 aliphatic carbocycles. The molecule has 7 heteroatoms. The van der Waals surface area contributed by atoms with Crippen molar-refractivity contribution in [1.82, 2.24) is 19.7 Å².